The van der Waals surface area contributed by atoms with Crippen LogP contribution in [0, 0.1) is 6.92 Å². The molecule has 5 heteroatoms. The summed E-state index contributed by atoms with van der Waals surface area (Å²) in [5.74, 6) is 0.0609. The van der Waals surface area contributed by atoms with E-state index >= 15 is 0 Å². The lowest BCUT2D eigenvalue weighted by Gasteiger charge is -2.34. The molecule has 3 rings (SSSR count). The second kappa shape index (κ2) is 8.92. The summed E-state index contributed by atoms with van der Waals surface area (Å²) in [7, 11) is 0. The van der Waals surface area contributed by atoms with Gasteiger partial charge in [0.1, 0.15) is 0 Å². The number of pyridine rings is 1. The van der Waals surface area contributed by atoms with Crippen LogP contribution < -0.4 is 5.32 Å². The average molecular weight is 352 g/mol. The molecule has 2 aromatic rings. The molecule has 1 saturated heterocycles. The topological polar surface area (TPSA) is 48.5 Å². The lowest BCUT2D eigenvalue weighted by Crippen LogP contribution is -2.48. The molecule has 2 heterocycles. The van der Waals surface area contributed by atoms with Crippen molar-refractivity contribution >= 4 is 11.6 Å². The number of aryl methyl sites for hydroxylation is 2. The van der Waals surface area contributed by atoms with Gasteiger partial charge in [0.15, 0.2) is 0 Å². The number of hydrogen-bond acceptors (Lipinski definition) is 4. The summed E-state index contributed by atoms with van der Waals surface area (Å²) in [6.07, 6.45) is 4.81. The Morgan fingerprint density at radius 1 is 1.08 bits per heavy atom. The first-order valence-corrected chi connectivity index (χ1v) is 9.37. The largest absolute Gasteiger partial charge is 0.325 e. The quantitative estimate of drug-likeness (QED) is 0.868. The van der Waals surface area contributed by atoms with E-state index in [1.165, 1.54) is 16.7 Å². The molecule has 26 heavy (non-hydrogen) atoms. The van der Waals surface area contributed by atoms with Gasteiger partial charge in [0, 0.05) is 50.8 Å². The monoisotopic (exact) mass is 352 g/mol. The highest BCUT2D eigenvalue weighted by Crippen LogP contribution is 2.12. The first-order chi connectivity index (χ1) is 12.6. The van der Waals surface area contributed by atoms with Crippen LogP contribution in [0.25, 0.3) is 0 Å². The highest BCUT2D eigenvalue weighted by atomic mass is 16.2. The van der Waals surface area contributed by atoms with E-state index in [0.717, 1.165) is 44.8 Å². The normalized spacial score (nSPS) is 15.8. The van der Waals surface area contributed by atoms with Crippen LogP contribution in [0.3, 0.4) is 0 Å². The zero-order chi connectivity index (χ0) is 18.4. The molecule has 1 aromatic heterocycles. The van der Waals surface area contributed by atoms with Gasteiger partial charge in [-0.2, -0.15) is 0 Å². The zero-order valence-electron chi connectivity index (χ0n) is 15.7. The molecule has 5 nitrogen and oxygen atoms in total. The standard InChI is InChI=1S/C21H28N4O/c1-3-18-4-6-20(7-5-18)23-21(26)16-25-12-10-24(11-13-25)15-19-14-22-9-8-17(19)2/h4-9,14H,3,10-13,15-16H2,1-2H3,(H,23,26). The predicted molar refractivity (Wildman–Crippen MR) is 105 cm³/mol. The smallest absolute Gasteiger partial charge is 0.238 e. The lowest BCUT2D eigenvalue weighted by molar-refractivity contribution is -0.117. The molecule has 0 radical (unpaired) electrons. The fraction of sp³-hybridized carbons (Fsp3) is 0.429. The highest BCUT2D eigenvalue weighted by Gasteiger charge is 2.19. The number of hydrogen-bond donors (Lipinski definition) is 1. The fourth-order valence-electron chi connectivity index (χ4n) is 3.24. The maximum Gasteiger partial charge on any atom is 0.238 e. The molecule has 1 N–H and O–H groups in total. The third-order valence-corrected chi connectivity index (χ3v) is 5.02. The molecule has 0 saturated carbocycles. The van der Waals surface area contributed by atoms with E-state index in [-0.39, 0.29) is 5.91 Å². The summed E-state index contributed by atoms with van der Waals surface area (Å²) in [6.45, 7) is 9.44. The number of nitrogens with zero attached hydrogens (tertiary/aromatic N) is 3. The van der Waals surface area contributed by atoms with Crippen molar-refractivity contribution in [1.29, 1.82) is 0 Å². The lowest BCUT2D eigenvalue weighted by atomic mass is 10.1. The number of amides is 1. The molecule has 0 bridgehead atoms. The van der Waals surface area contributed by atoms with Gasteiger partial charge in [-0.1, -0.05) is 19.1 Å². The molecule has 1 amide bonds. The van der Waals surface area contributed by atoms with Gasteiger partial charge in [0.05, 0.1) is 6.54 Å². The molecule has 0 spiro atoms. The Balaban J connectivity index is 1.43. The highest BCUT2D eigenvalue weighted by molar-refractivity contribution is 5.92. The molecule has 1 aliphatic heterocycles. The zero-order valence-corrected chi connectivity index (χ0v) is 15.7. The Bertz CT molecular complexity index is 721. The number of rotatable bonds is 6. The molecule has 1 aliphatic rings. The van der Waals surface area contributed by atoms with Crippen molar-refractivity contribution in [1.82, 2.24) is 14.8 Å². The van der Waals surface area contributed by atoms with E-state index in [1.807, 2.05) is 24.5 Å². The Morgan fingerprint density at radius 2 is 1.77 bits per heavy atom. The number of nitrogens with one attached hydrogen (secondary N) is 1. The van der Waals surface area contributed by atoms with Gasteiger partial charge in [0.2, 0.25) is 5.91 Å². The molecular formula is C21H28N4O. The summed E-state index contributed by atoms with van der Waals surface area (Å²) in [5, 5.41) is 3.00. The number of piperazine rings is 1. The van der Waals surface area contributed by atoms with Gasteiger partial charge in [-0.25, -0.2) is 0 Å². The fourth-order valence-corrected chi connectivity index (χ4v) is 3.24. The SMILES string of the molecule is CCc1ccc(NC(=O)CN2CCN(Cc3cnccc3C)CC2)cc1. The van der Waals surface area contributed by atoms with Gasteiger partial charge >= 0.3 is 0 Å². The van der Waals surface area contributed by atoms with Crippen molar-refractivity contribution in [3.8, 4) is 0 Å². The Morgan fingerprint density at radius 3 is 2.42 bits per heavy atom. The Hall–Kier alpha value is -2.24. The van der Waals surface area contributed by atoms with Gasteiger partial charge in [-0.3, -0.25) is 19.6 Å². The van der Waals surface area contributed by atoms with Crippen molar-refractivity contribution in [2.45, 2.75) is 26.8 Å². The van der Waals surface area contributed by atoms with Gasteiger partial charge < -0.3 is 5.32 Å². The summed E-state index contributed by atoms with van der Waals surface area (Å²) in [6, 6.07) is 10.1. The predicted octanol–water partition coefficient (Wildman–Crippen LogP) is 2.71. The summed E-state index contributed by atoms with van der Waals surface area (Å²) < 4.78 is 0. The van der Waals surface area contributed by atoms with E-state index in [4.69, 9.17) is 0 Å². The van der Waals surface area contributed by atoms with Crippen LogP contribution in [0.1, 0.15) is 23.6 Å². The van der Waals surface area contributed by atoms with Crippen LogP contribution in [0.4, 0.5) is 5.69 Å². The maximum atomic E-state index is 12.3. The molecule has 1 aromatic carbocycles. The molecule has 138 valence electrons. The molecule has 0 aliphatic carbocycles. The van der Waals surface area contributed by atoms with Crippen LogP contribution >= 0.6 is 0 Å². The Labute approximate surface area is 156 Å². The van der Waals surface area contributed by atoms with Crippen LogP contribution in [0.5, 0.6) is 0 Å². The second-order valence-electron chi connectivity index (χ2n) is 6.95. The van der Waals surface area contributed by atoms with Crippen LogP contribution in [0.2, 0.25) is 0 Å². The van der Waals surface area contributed by atoms with Crippen molar-refractivity contribution in [3.05, 3.63) is 59.4 Å². The molecular weight excluding hydrogens is 324 g/mol. The summed E-state index contributed by atoms with van der Waals surface area (Å²) in [4.78, 5) is 21.2. The van der Waals surface area contributed by atoms with Crippen molar-refractivity contribution in [2.24, 2.45) is 0 Å². The van der Waals surface area contributed by atoms with Crippen LogP contribution in [0.15, 0.2) is 42.7 Å². The second-order valence-corrected chi connectivity index (χ2v) is 6.95. The third-order valence-electron chi connectivity index (χ3n) is 5.02. The molecule has 1 fully saturated rings. The van der Waals surface area contributed by atoms with E-state index < -0.39 is 0 Å². The van der Waals surface area contributed by atoms with Gasteiger partial charge in [0.25, 0.3) is 0 Å². The van der Waals surface area contributed by atoms with Gasteiger partial charge in [-0.05, 0) is 48.2 Å². The van der Waals surface area contributed by atoms with Crippen molar-refractivity contribution in [2.75, 3.05) is 38.0 Å². The van der Waals surface area contributed by atoms with E-state index in [9.17, 15) is 4.79 Å². The maximum absolute atomic E-state index is 12.3. The number of anilines is 1. The van der Waals surface area contributed by atoms with Crippen molar-refractivity contribution in [3.63, 3.8) is 0 Å². The number of carbonyl (C=O) groups is 1. The molecule has 0 atom stereocenters. The first kappa shape index (κ1) is 18.5. The first-order valence-electron chi connectivity index (χ1n) is 9.37. The minimum Gasteiger partial charge on any atom is -0.325 e. The van der Waals surface area contributed by atoms with Gasteiger partial charge in [-0.15, -0.1) is 0 Å². The summed E-state index contributed by atoms with van der Waals surface area (Å²) >= 11 is 0. The minimum absolute atomic E-state index is 0.0609. The van der Waals surface area contributed by atoms with E-state index in [1.54, 1.807) is 0 Å². The third kappa shape index (κ3) is 5.13. The minimum atomic E-state index is 0.0609. The van der Waals surface area contributed by atoms with E-state index in [0.29, 0.717) is 6.54 Å². The van der Waals surface area contributed by atoms with Crippen LogP contribution in [-0.4, -0.2) is 53.4 Å². The Kier molecular flexibility index (Phi) is 6.36. The number of carbonyl (C=O) groups excluding carboxylic acids is 1. The van der Waals surface area contributed by atoms with Crippen LogP contribution in [-0.2, 0) is 17.8 Å². The van der Waals surface area contributed by atoms with Crippen molar-refractivity contribution < 1.29 is 4.79 Å². The number of benzene rings is 1. The summed E-state index contributed by atoms with van der Waals surface area (Å²) in [5.41, 5.74) is 4.73. The number of aromatic nitrogens is 1. The average Bonchev–Trinajstić information content (AvgIpc) is 2.66. The van der Waals surface area contributed by atoms with E-state index in [2.05, 4.69) is 52.1 Å². The molecule has 0 unspecified atom stereocenters.